The van der Waals surface area contributed by atoms with Crippen LogP contribution in [-0.2, 0) is 33.9 Å². The smallest absolute Gasteiger partial charge is 0.224 e. The second-order valence-corrected chi connectivity index (χ2v) is 13.1. The molecule has 2 N–H and O–H groups in total. The molecule has 0 fully saturated rings. The van der Waals surface area contributed by atoms with Crippen molar-refractivity contribution in [1.82, 2.24) is 10.3 Å². The molecule has 42 heavy (non-hydrogen) atoms. The summed E-state index contributed by atoms with van der Waals surface area (Å²) in [5.74, 6) is -0.973. The lowest BCUT2D eigenvalue weighted by Crippen LogP contribution is -2.32. The van der Waals surface area contributed by atoms with E-state index < -0.39 is 21.4 Å². The Hall–Kier alpha value is -3.62. The van der Waals surface area contributed by atoms with Crippen LogP contribution in [0.5, 0.6) is 5.75 Å². The fourth-order valence-corrected chi connectivity index (χ4v) is 6.17. The predicted octanol–water partition coefficient (Wildman–Crippen LogP) is 5.97. The highest BCUT2D eigenvalue weighted by Gasteiger charge is 2.23. The number of nitrogens with one attached hydrogen (secondary N) is 2. The Balaban J connectivity index is 1.34. The number of ketones is 1. The molecule has 0 unspecified atom stereocenters. The lowest BCUT2D eigenvalue weighted by atomic mass is 10.0. The third-order valence-corrected chi connectivity index (χ3v) is 9.35. The van der Waals surface area contributed by atoms with Crippen molar-refractivity contribution in [3.05, 3.63) is 99.2 Å². The molecule has 222 valence electrons. The van der Waals surface area contributed by atoms with Crippen LogP contribution in [0, 0.1) is 13.8 Å². The maximum absolute atomic E-state index is 13.3. The van der Waals surface area contributed by atoms with Gasteiger partial charge < -0.3 is 15.0 Å². The van der Waals surface area contributed by atoms with Gasteiger partial charge in [-0.15, -0.1) is 0 Å². The van der Waals surface area contributed by atoms with E-state index in [1.54, 1.807) is 0 Å². The van der Waals surface area contributed by atoms with Crippen molar-refractivity contribution in [3.63, 3.8) is 0 Å². The Kier molecular flexibility index (Phi) is 10.5. The fourth-order valence-electron chi connectivity index (χ4n) is 4.96. The average molecular weight is 609 g/mol. The standard InChI is InChI=1S/C33H37ClN2O5S/c1-4-24-11-13-25(14-12-24)20-31(38)35-15-17-42(39,40)21-30(37)33-28(27-8-5-6-10-29(27)36-33)9-7-16-41-26-18-22(2)32(34)23(3)19-26/h5-6,8,10-14,18-19,36H,4,7,9,15-17,20-21H2,1-3H3,(H,35,38). The number of H-pyrrole nitrogens is 1. The Labute approximate surface area is 252 Å². The quantitative estimate of drug-likeness (QED) is 0.136. The number of ether oxygens (including phenoxy) is 1. The number of hydrogen-bond acceptors (Lipinski definition) is 5. The first-order chi connectivity index (χ1) is 20.1. The molecule has 0 saturated carbocycles. The third kappa shape index (κ3) is 8.23. The summed E-state index contributed by atoms with van der Waals surface area (Å²) in [6, 6.07) is 19.1. The number of Topliss-reactive ketones (excluding diaryl/α,β-unsaturated/α-hetero) is 1. The highest BCUT2D eigenvalue weighted by molar-refractivity contribution is 7.92. The van der Waals surface area contributed by atoms with E-state index >= 15 is 0 Å². The predicted molar refractivity (Wildman–Crippen MR) is 169 cm³/mol. The van der Waals surface area contributed by atoms with Gasteiger partial charge in [-0.25, -0.2) is 8.42 Å². The Bertz CT molecular complexity index is 1650. The first-order valence-corrected chi connectivity index (χ1v) is 16.3. The normalized spacial score (nSPS) is 11.5. The van der Waals surface area contributed by atoms with E-state index in [1.165, 1.54) is 5.56 Å². The third-order valence-electron chi connectivity index (χ3n) is 7.22. The number of sulfone groups is 1. The number of carbonyl (C=O) groups excluding carboxylic acids is 2. The number of carbonyl (C=O) groups is 2. The summed E-state index contributed by atoms with van der Waals surface area (Å²) in [5, 5.41) is 4.27. The number of hydrogen-bond donors (Lipinski definition) is 2. The van der Waals surface area contributed by atoms with Crippen molar-refractivity contribution in [1.29, 1.82) is 0 Å². The number of aromatic nitrogens is 1. The van der Waals surface area contributed by atoms with Crippen LogP contribution >= 0.6 is 11.6 Å². The molecule has 0 aliphatic heterocycles. The molecular formula is C33H37ClN2O5S. The summed E-state index contributed by atoms with van der Waals surface area (Å²) in [6.45, 7) is 6.30. The molecule has 0 atom stereocenters. The van der Waals surface area contributed by atoms with Gasteiger partial charge in [0.15, 0.2) is 15.6 Å². The van der Waals surface area contributed by atoms with E-state index in [9.17, 15) is 18.0 Å². The summed E-state index contributed by atoms with van der Waals surface area (Å²) < 4.78 is 31.6. The highest BCUT2D eigenvalue weighted by atomic mass is 35.5. The van der Waals surface area contributed by atoms with Gasteiger partial charge in [0.05, 0.1) is 24.5 Å². The van der Waals surface area contributed by atoms with Crippen LogP contribution in [0.3, 0.4) is 0 Å². The summed E-state index contributed by atoms with van der Waals surface area (Å²) in [7, 11) is -3.75. The Morgan fingerprint density at radius 3 is 2.33 bits per heavy atom. The van der Waals surface area contributed by atoms with E-state index in [4.69, 9.17) is 16.3 Å². The van der Waals surface area contributed by atoms with Crippen molar-refractivity contribution >= 4 is 44.0 Å². The second-order valence-electron chi connectivity index (χ2n) is 10.6. The van der Waals surface area contributed by atoms with E-state index in [0.717, 1.165) is 50.3 Å². The topological polar surface area (TPSA) is 105 Å². The number of aryl methyl sites for hydroxylation is 4. The molecule has 0 spiro atoms. The zero-order chi connectivity index (χ0) is 30.3. The summed E-state index contributed by atoms with van der Waals surface area (Å²) in [4.78, 5) is 28.7. The molecule has 0 saturated heterocycles. The molecule has 0 radical (unpaired) electrons. The molecule has 4 rings (SSSR count). The average Bonchev–Trinajstić information content (AvgIpc) is 3.33. The summed E-state index contributed by atoms with van der Waals surface area (Å²) in [5.41, 5.74) is 5.79. The minimum absolute atomic E-state index is 0.0535. The van der Waals surface area contributed by atoms with Gasteiger partial charge >= 0.3 is 0 Å². The maximum atomic E-state index is 13.3. The van der Waals surface area contributed by atoms with Crippen molar-refractivity contribution < 1.29 is 22.7 Å². The van der Waals surface area contributed by atoms with Crippen LogP contribution in [-0.4, -0.2) is 49.7 Å². The van der Waals surface area contributed by atoms with Gasteiger partial charge in [0, 0.05) is 22.5 Å². The molecular weight excluding hydrogens is 572 g/mol. The SMILES string of the molecule is CCc1ccc(CC(=O)NCCS(=O)(=O)CC(=O)c2[nH]c3ccccc3c2CCCOc2cc(C)c(Cl)c(C)c2)cc1. The van der Waals surface area contributed by atoms with Gasteiger partial charge in [0.25, 0.3) is 0 Å². The van der Waals surface area contributed by atoms with Crippen LogP contribution in [0.4, 0.5) is 0 Å². The zero-order valence-corrected chi connectivity index (χ0v) is 25.8. The van der Waals surface area contributed by atoms with Gasteiger partial charge in [-0.05, 0) is 79.1 Å². The minimum Gasteiger partial charge on any atom is -0.494 e. The van der Waals surface area contributed by atoms with Crippen molar-refractivity contribution in [2.75, 3.05) is 24.7 Å². The van der Waals surface area contributed by atoms with Crippen LogP contribution in [0.2, 0.25) is 5.02 Å². The zero-order valence-electron chi connectivity index (χ0n) is 24.3. The van der Waals surface area contributed by atoms with Gasteiger partial charge in [-0.2, -0.15) is 0 Å². The lowest BCUT2D eigenvalue weighted by molar-refractivity contribution is -0.120. The van der Waals surface area contributed by atoms with E-state index in [-0.39, 0.29) is 24.6 Å². The number of halogens is 1. The Morgan fingerprint density at radius 1 is 0.976 bits per heavy atom. The van der Waals surface area contributed by atoms with Crippen LogP contribution < -0.4 is 10.1 Å². The monoisotopic (exact) mass is 608 g/mol. The lowest BCUT2D eigenvalue weighted by Gasteiger charge is -2.10. The molecule has 1 heterocycles. The molecule has 7 nitrogen and oxygen atoms in total. The molecule has 0 aliphatic rings. The van der Waals surface area contributed by atoms with Crippen molar-refractivity contribution in [2.45, 2.75) is 46.5 Å². The van der Waals surface area contributed by atoms with Gasteiger partial charge in [0.1, 0.15) is 11.5 Å². The van der Waals surface area contributed by atoms with E-state index in [2.05, 4.69) is 17.2 Å². The van der Waals surface area contributed by atoms with Gasteiger partial charge in [-0.1, -0.05) is 61.0 Å². The van der Waals surface area contributed by atoms with Crippen molar-refractivity contribution in [3.8, 4) is 5.75 Å². The molecule has 1 aromatic heterocycles. The number of benzene rings is 3. The Morgan fingerprint density at radius 2 is 1.64 bits per heavy atom. The first-order valence-electron chi connectivity index (χ1n) is 14.1. The maximum Gasteiger partial charge on any atom is 0.224 e. The number of aromatic amines is 1. The fraction of sp³-hybridized carbons (Fsp3) is 0.333. The largest absolute Gasteiger partial charge is 0.494 e. The van der Waals surface area contributed by atoms with Crippen molar-refractivity contribution in [2.24, 2.45) is 0 Å². The first kappa shape index (κ1) is 31.3. The molecule has 4 aromatic rings. The molecule has 1 amide bonds. The molecule has 9 heteroatoms. The molecule has 0 bridgehead atoms. The second kappa shape index (κ2) is 14.0. The highest BCUT2D eigenvalue weighted by Crippen LogP contribution is 2.27. The van der Waals surface area contributed by atoms with Crippen LogP contribution in [0.1, 0.15) is 51.7 Å². The minimum atomic E-state index is -3.75. The van der Waals surface area contributed by atoms with E-state index in [1.807, 2.05) is 74.5 Å². The summed E-state index contributed by atoms with van der Waals surface area (Å²) >= 11 is 6.25. The van der Waals surface area contributed by atoms with Crippen LogP contribution in [0.25, 0.3) is 10.9 Å². The number of amides is 1. The molecule has 0 aliphatic carbocycles. The summed E-state index contributed by atoms with van der Waals surface area (Å²) in [6.07, 6.45) is 2.25. The van der Waals surface area contributed by atoms with Crippen LogP contribution in [0.15, 0.2) is 60.7 Å². The van der Waals surface area contributed by atoms with E-state index in [0.29, 0.717) is 25.1 Å². The van der Waals surface area contributed by atoms with Gasteiger partial charge in [0.2, 0.25) is 5.91 Å². The number of fused-ring (bicyclic) bond motifs is 1. The number of para-hydroxylation sites is 1. The van der Waals surface area contributed by atoms with Gasteiger partial charge in [-0.3, -0.25) is 9.59 Å². The number of rotatable bonds is 14. The molecule has 3 aromatic carbocycles.